The number of nitrogens with one attached hydrogen (secondary N) is 1. The minimum atomic E-state index is -0.707. The summed E-state index contributed by atoms with van der Waals surface area (Å²) in [7, 11) is 0. The van der Waals surface area contributed by atoms with Gasteiger partial charge in [0.25, 0.3) is 5.91 Å². The molecule has 0 aliphatic heterocycles. The van der Waals surface area contributed by atoms with Crippen molar-refractivity contribution in [3.63, 3.8) is 0 Å². The predicted molar refractivity (Wildman–Crippen MR) is 94.0 cm³/mol. The lowest BCUT2D eigenvalue weighted by atomic mass is 10.1. The van der Waals surface area contributed by atoms with Gasteiger partial charge in [-0.3, -0.25) is 9.59 Å². The molecule has 0 saturated heterocycles. The van der Waals surface area contributed by atoms with Gasteiger partial charge in [0.1, 0.15) is 5.82 Å². The number of hydrogen-bond acceptors (Lipinski definition) is 3. The third-order valence-electron chi connectivity index (χ3n) is 3.72. The first-order valence-corrected chi connectivity index (χ1v) is 8.25. The summed E-state index contributed by atoms with van der Waals surface area (Å²) in [5.74, 6) is -1.69. The molecule has 2 aromatic carbocycles. The summed E-state index contributed by atoms with van der Waals surface area (Å²) < 4.78 is 18.5. The van der Waals surface area contributed by atoms with E-state index >= 15 is 0 Å². The van der Waals surface area contributed by atoms with Crippen molar-refractivity contribution in [2.75, 3.05) is 13.2 Å². The molecule has 0 atom stereocenters. The topological polar surface area (TPSA) is 55.4 Å². The molecule has 1 amide bonds. The van der Waals surface area contributed by atoms with Crippen molar-refractivity contribution < 1.29 is 18.7 Å². The van der Waals surface area contributed by atoms with Crippen molar-refractivity contribution in [3.8, 4) is 0 Å². The summed E-state index contributed by atoms with van der Waals surface area (Å²) in [4.78, 5) is 23.5. The molecule has 0 heterocycles. The van der Waals surface area contributed by atoms with Gasteiger partial charge in [0.05, 0.1) is 6.42 Å². The second-order valence-corrected chi connectivity index (χ2v) is 5.97. The van der Waals surface area contributed by atoms with E-state index in [1.165, 1.54) is 18.2 Å². The predicted octanol–water partition coefficient (Wildman–Crippen LogP) is 3.23. The van der Waals surface area contributed by atoms with Gasteiger partial charge < -0.3 is 10.1 Å². The highest BCUT2D eigenvalue weighted by atomic mass is 35.5. The first-order chi connectivity index (χ1) is 12.0. The van der Waals surface area contributed by atoms with Crippen LogP contribution in [-0.2, 0) is 27.2 Å². The Morgan fingerprint density at radius 3 is 2.64 bits per heavy atom. The fourth-order valence-electron chi connectivity index (χ4n) is 2.32. The summed E-state index contributed by atoms with van der Waals surface area (Å²) >= 11 is 5.85. The average Bonchev–Trinajstić information content (AvgIpc) is 2.58. The van der Waals surface area contributed by atoms with Crippen LogP contribution in [0.2, 0.25) is 5.02 Å². The molecule has 25 heavy (non-hydrogen) atoms. The summed E-state index contributed by atoms with van der Waals surface area (Å²) in [6, 6.07) is 12.1. The number of carbonyl (C=O) groups excluding carboxylic acids is 2. The first-order valence-electron chi connectivity index (χ1n) is 7.87. The van der Waals surface area contributed by atoms with Crippen LogP contribution in [0.5, 0.6) is 0 Å². The molecule has 0 saturated carbocycles. The maximum Gasteiger partial charge on any atom is 0.310 e. The van der Waals surface area contributed by atoms with Gasteiger partial charge in [-0.1, -0.05) is 41.9 Å². The van der Waals surface area contributed by atoms with Crippen LogP contribution in [0.25, 0.3) is 0 Å². The Morgan fingerprint density at radius 1 is 1.16 bits per heavy atom. The van der Waals surface area contributed by atoms with Crippen LogP contribution in [0.4, 0.5) is 4.39 Å². The van der Waals surface area contributed by atoms with Crippen molar-refractivity contribution in [3.05, 3.63) is 70.0 Å². The summed E-state index contributed by atoms with van der Waals surface area (Å²) in [6.07, 6.45) is 0.374. The molecule has 6 heteroatoms. The monoisotopic (exact) mass is 363 g/mol. The number of carbonyl (C=O) groups is 2. The van der Waals surface area contributed by atoms with Gasteiger partial charge in [-0.15, -0.1) is 0 Å². The van der Waals surface area contributed by atoms with Crippen LogP contribution in [-0.4, -0.2) is 25.0 Å². The van der Waals surface area contributed by atoms with Crippen LogP contribution in [0.15, 0.2) is 42.5 Å². The van der Waals surface area contributed by atoms with E-state index in [-0.39, 0.29) is 17.0 Å². The highest BCUT2D eigenvalue weighted by Crippen LogP contribution is 2.19. The van der Waals surface area contributed by atoms with Crippen LogP contribution >= 0.6 is 11.6 Å². The van der Waals surface area contributed by atoms with Crippen molar-refractivity contribution in [1.82, 2.24) is 5.32 Å². The summed E-state index contributed by atoms with van der Waals surface area (Å²) in [6.45, 7) is 2.05. The second-order valence-electron chi connectivity index (χ2n) is 5.56. The van der Waals surface area contributed by atoms with Crippen molar-refractivity contribution in [2.24, 2.45) is 0 Å². The van der Waals surface area contributed by atoms with Gasteiger partial charge in [-0.05, 0) is 36.6 Å². The highest BCUT2D eigenvalue weighted by Gasteiger charge is 2.14. The number of ether oxygens (including phenoxy) is 1. The molecule has 2 aromatic rings. The van der Waals surface area contributed by atoms with Crippen molar-refractivity contribution in [2.45, 2.75) is 19.8 Å². The van der Waals surface area contributed by atoms with E-state index in [9.17, 15) is 14.0 Å². The standard InChI is InChI=1S/C19H19ClFNO3/c1-13-5-2-3-6-14(13)9-10-22-18(23)12-25-19(24)11-15-16(20)7-4-8-17(15)21/h2-8H,9-12H2,1H3,(H,22,23). The van der Waals surface area contributed by atoms with Crippen LogP contribution in [0, 0.1) is 12.7 Å². The number of hydrogen-bond donors (Lipinski definition) is 1. The number of amides is 1. The Labute approximate surface area is 150 Å². The highest BCUT2D eigenvalue weighted by molar-refractivity contribution is 6.31. The molecule has 0 aliphatic carbocycles. The molecule has 0 unspecified atom stereocenters. The van der Waals surface area contributed by atoms with E-state index < -0.39 is 24.3 Å². The largest absolute Gasteiger partial charge is 0.455 e. The fraction of sp³-hybridized carbons (Fsp3) is 0.263. The van der Waals surface area contributed by atoms with Gasteiger partial charge in [0.2, 0.25) is 0 Å². The Hall–Kier alpha value is -2.40. The van der Waals surface area contributed by atoms with E-state index in [1.54, 1.807) is 0 Å². The minimum Gasteiger partial charge on any atom is -0.455 e. The van der Waals surface area contributed by atoms with Gasteiger partial charge in [-0.2, -0.15) is 0 Å². The maximum atomic E-state index is 13.6. The Bertz CT molecular complexity index is 744. The van der Waals surface area contributed by atoms with E-state index in [4.69, 9.17) is 16.3 Å². The Morgan fingerprint density at radius 2 is 1.92 bits per heavy atom. The molecule has 0 aliphatic rings. The van der Waals surface area contributed by atoms with Crippen LogP contribution in [0.3, 0.4) is 0 Å². The van der Waals surface area contributed by atoms with Gasteiger partial charge in [0.15, 0.2) is 6.61 Å². The molecule has 0 aromatic heterocycles. The lowest BCUT2D eigenvalue weighted by Crippen LogP contribution is -2.30. The van der Waals surface area contributed by atoms with Gasteiger partial charge >= 0.3 is 5.97 Å². The molecular formula is C19H19ClFNO3. The molecule has 1 N–H and O–H groups in total. The lowest BCUT2D eigenvalue weighted by Gasteiger charge is -2.09. The molecule has 0 fully saturated rings. The fourth-order valence-corrected chi connectivity index (χ4v) is 2.55. The average molecular weight is 364 g/mol. The normalized spacial score (nSPS) is 10.4. The maximum absolute atomic E-state index is 13.6. The molecule has 0 bridgehead atoms. The number of halogens is 2. The summed E-state index contributed by atoms with van der Waals surface area (Å²) in [5, 5.41) is 2.84. The number of benzene rings is 2. The zero-order valence-corrected chi connectivity index (χ0v) is 14.6. The lowest BCUT2D eigenvalue weighted by molar-refractivity contribution is -0.147. The Balaban J connectivity index is 1.73. The molecular weight excluding hydrogens is 345 g/mol. The molecule has 132 valence electrons. The van der Waals surface area contributed by atoms with E-state index in [0.717, 1.165) is 11.1 Å². The smallest absolute Gasteiger partial charge is 0.310 e. The molecule has 0 radical (unpaired) electrons. The van der Waals surface area contributed by atoms with Gasteiger partial charge in [0, 0.05) is 17.1 Å². The van der Waals surface area contributed by atoms with Gasteiger partial charge in [-0.25, -0.2) is 4.39 Å². The van der Waals surface area contributed by atoms with Crippen LogP contribution in [0.1, 0.15) is 16.7 Å². The number of rotatable bonds is 7. The van der Waals surface area contributed by atoms with E-state index in [2.05, 4.69) is 5.32 Å². The van der Waals surface area contributed by atoms with E-state index in [1.807, 2.05) is 31.2 Å². The van der Waals surface area contributed by atoms with E-state index in [0.29, 0.717) is 13.0 Å². The summed E-state index contributed by atoms with van der Waals surface area (Å²) in [5.41, 5.74) is 2.37. The zero-order valence-electron chi connectivity index (χ0n) is 13.9. The Kier molecular flexibility index (Phi) is 6.95. The van der Waals surface area contributed by atoms with Crippen molar-refractivity contribution >= 4 is 23.5 Å². The SMILES string of the molecule is Cc1ccccc1CCNC(=O)COC(=O)Cc1c(F)cccc1Cl. The third kappa shape index (κ3) is 5.87. The molecule has 4 nitrogen and oxygen atoms in total. The molecule has 2 rings (SSSR count). The van der Waals surface area contributed by atoms with Crippen LogP contribution < -0.4 is 5.32 Å². The molecule has 0 spiro atoms. The number of esters is 1. The number of aryl methyl sites for hydroxylation is 1. The second kappa shape index (κ2) is 9.18. The zero-order chi connectivity index (χ0) is 18.2. The van der Waals surface area contributed by atoms with Crippen molar-refractivity contribution in [1.29, 1.82) is 0 Å². The minimum absolute atomic E-state index is 0.0640. The third-order valence-corrected chi connectivity index (χ3v) is 4.08. The quantitative estimate of drug-likeness (QED) is 0.768. The first kappa shape index (κ1) is 18.9.